The quantitative estimate of drug-likeness (QED) is 0.212. The number of carbonyl (C=O) groups is 2. The zero-order valence-electron chi connectivity index (χ0n) is 24.1. The Morgan fingerprint density at radius 2 is 1.47 bits per heavy atom. The first-order valence-electron chi connectivity index (χ1n) is 13.6. The van der Waals surface area contributed by atoms with Crippen LogP contribution in [0.1, 0.15) is 22.3 Å². The molecule has 0 aliphatic heterocycles. The highest BCUT2D eigenvalue weighted by Crippen LogP contribution is 2.35. The highest BCUT2D eigenvalue weighted by molar-refractivity contribution is 7.92. The summed E-state index contributed by atoms with van der Waals surface area (Å²) in [5, 5.41) is 2.81. The first-order valence-corrected chi connectivity index (χ1v) is 15.8. The fourth-order valence-electron chi connectivity index (χ4n) is 4.76. The van der Waals surface area contributed by atoms with Crippen molar-refractivity contribution in [3.05, 3.63) is 129 Å². The molecule has 43 heavy (non-hydrogen) atoms. The van der Waals surface area contributed by atoms with Crippen LogP contribution in [-0.2, 0) is 32.6 Å². The van der Waals surface area contributed by atoms with Gasteiger partial charge < -0.3 is 10.2 Å². The number of benzene rings is 4. The zero-order valence-corrected chi connectivity index (χ0v) is 26.5. The van der Waals surface area contributed by atoms with E-state index in [0.717, 1.165) is 26.6 Å². The van der Waals surface area contributed by atoms with Crippen LogP contribution in [0.5, 0.6) is 0 Å². The van der Waals surface area contributed by atoms with Crippen molar-refractivity contribution in [2.45, 2.75) is 37.8 Å². The Morgan fingerprint density at radius 1 is 0.814 bits per heavy atom. The molecule has 10 heteroatoms. The summed E-state index contributed by atoms with van der Waals surface area (Å²) in [7, 11) is -2.78. The van der Waals surface area contributed by atoms with Gasteiger partial charge in [0.1, 0.15) is 12.6 Å². The van der Waals surface area contributed by atoms with E-state index in [4.69, 9.17) is 23.2 Å². The lowest BCUT2D eigenvalue weighted by atomic mass is 10.0. The number of halogens is 2. The third kappa shape index (κ3) is 7.76. The predicted octanol–water partition coefficient (Wildman–Crippen LogP) is 6.19. The van der Waals surface area contributed by atoms with Gasteiger partial charge in [-0.2, -0.15) is 0 Å². The van der Waals surface area contributed by atoms with Gasteiger partial charge in [0, 0.05) is 20.0 Å². The lowest BCUT2D eigenvalue weighted by Crippen LogP contribution is -2.53. The van der Waals surface area contributed by atoms with Crippen molar-refractivity contribution >= 4 is 50.7 Å². The molecule has 0 saturated carbocycles. The number of hydrogen-bond donors (Lipinski definition) is 1. The average molecular weight is 639 g/mol. The third-order valence-electron chi connectivity index (χ3n) is 7.04. The maximum absolute atomic E-state index is 14.4. The summed E-state index contributed by atoms with van der Waals surface area (Å²) in [5.41, 5.74) is 3.56. The summed E-state index contributed by atoms with van der Waals surface area (Å²) in [5.74, 6) is -0.962. The third-order valence-corrected chi connectivity index (χ3v) is 9.62. The van der Waals surface area contributed by atoms with Crippen LogP contribution in [-0.4, -0.2) is 44.8 Å². The minimum Gasteiger partial charge on any atom is -0.357 e. The number of nitrogens with one attached hydrogen (secondary N) is 1. The molecule has 0 aliphatic rings. The molecule has 7 nitrogen and oxygen atoms in total. The molecule has 1 N–H and O–H groups in total. The summed E-state index contributed by atoms with van der Waals surface area (Å²) in [6, 6.07) is 27.0. The lowest BCUT2D eigenvalue weighted by Gasteiger charge is -2.34. The predicted molar refractivity (Wildman–Crippen MR) is 172 cm³/mol. The van der Waals surface area contributed by atoms with Gasteiger partial charge in [0.2, 0.25) is 11.8 Å². The largest absolute Gasteiger partial charge is 0.357 e. The van der Waals surface area contributed by atoms with Crippen molar-refractivity contribution in [1.29, 1.82) is 0 Å². The van der Waals surface area contributed by atoms with Crippen molar-refractivity contribution < 1.29 is 18.0 Å². The van der Waals surface area contributed by atoms with E-state index in [1.807, 2.05) is 68.4 Å². The molecule has 0 radical (unpaired) electrons. The van der Waals surface area contributed by atoms with Gasteiger partial charge in [0.25, 0.3) is 10.0 Å². The van der Waals surface area contributed by atoms with Crippen molar-refractivity contribution in [3.63, 3.8) is 0 Å². The standard InChI is InChI=1S/C33H33Cl2N3O4S/c1-23-15-17-27(18-16-23)43(41,42)38(29-14-8-13-28(34)32(29)35)22-31(39)37(21-26-12-7-9-24(2)19-26)30(33(40)36-3)20-25-10-5-4-6-11-25/h4-19,30H,20-22H2,1-3H3,(H,36,40)/t30-/m0/s1. The number of aryl methyl sites for hydroxylation is 2. The van der Waals surface area contributed by atoms with E-state index in [0.29, 0.717) is 0 Å². The minimum atomic E-state index is -4.29. The summed E-state index contributed by atoms with van der Waals surface area (Å²) >= 11 is 12.8. The van der Waals surface area contributed by atoms with Gasteiger partial charge in [-0.3, -0.25) is 13.9 Å². The first-order chi connectivity index (χ1) is 20.5. The van der Waals surface area contributed by atoms with Crippen LogP contribution in [0, 0.1) is 13.8 Å². The molecule has 0 unspecified atom stereocenters. The Balaban J connectivity index is 1.82. The van der Waals surface area contributed by atoms with E-state index in [-0.39, 0.29) is 39.5 Å². The van der Waals surface area contributed by atoms with Gasteiger partial charge in [-0.1, -0.05) is 107 Å². The number of carbonyl (C=O) groups excluding carboxylic acids is 2. The van der Waals surface area contributed by atoms with Crippen LogP contribution >= 0.6 is 23.2 Å². The van der Waals surface area contributed by atoms with Crippen LogP contribution in [0.3, 0.4) is 0 Å². The minimum absolute atomic E-state index is 0.00924. The van der Waals surface area contributed by atoms with Gasteiger partial charge in [-0.15, -0.1) is 0 Å². The first kappa shape index (κ1) is 32.1. The van der Waals surface area contributed by atoms with E-state index in [1.165, 1.54) is 36.2 Å². The molecule has 4 aromatic carbocycles. The monoisotopic (exact) mass is 637 g/mol. The highest BCUT2D eigenvalue weighted by atomic mass is 35.5. The lowest BCUT2D eigenvalue weighted by molar-refractivity contribution is -0.139. The molecule has 1 atom stereocenters. The molecule has 0 bridgehead atoms. The van der Waals surface area contributed by atoms with Gasteiger partial charge >= 0.3 is 0 Å². The van der Waals surface area contributed by atoms with E-state index in [9.17, 15) is 18.0 Å². The van der Waals surface area contributed by atoms with Crippen LogP contribution in [0.25, 0.3) is 0 Å². The zero-order chi connectivity index (χ0) is 31.1. The van der Waals surface area contributed by atoms with E-state index in [1.54, 1.807) is 18.2 Å². The van der Waals surface area contributed by atoms with E-state index >= 15 is 0 Å². The molecule has 4 aromatic rings. The van der Waals surface area contributed by atoms with Crippen LogP contribution < -0.4 is 9.62 Å². The maximum Gasteiger partial charge on any atom is 0.264 e. The molecule has 0 aromatic heterocycles. The average Bonchev–Trinajstić information content (AvgIpc) is 2.99. The molecule has 0 spiro atoms. The Bertz CT molecular complexity index is 1700. The molecule has 2 amide bonds. The Labute approximate surface area is 263 Å². The van der Waals surface area contributed by atoms with Crippen molar-refractivity contribution in [2.75, 3.05) is 17.9 Å². The van der Waals surface area contributed by atoms with Crippen LogP contribution in [0.4, 0.5) is 5.69 Å². The molecule has 0 saturated heterocycles. The second kappa shape index (κ2) is 14.1. The Morgan fingerprint density at radius 3 is 2.12 bits per heavy atom. The van der Waals surface area contributed by atoms with Crippen molar-refractivity contribution in [3.8, 4) is 0 Å². The van der Waals surface area contributed by atoms with E-state index < -0.39 is 28.5 Å². The SMILES string of the molecule is CNC(=O)[C@H](Cc1ccccc1)N(Cc1cccc(C)c1)C(=O)CN(c1cccc(Cl)c1Cl)S(=O)(=O)c1ccc(C)cc1. The van der Waals surface area contributed by atoms with Crippen molar-refractivity contribution in [2.24, 2.45) is 0 Å². The fraction of sp³-hybridized carbons (Fsp3) is 0.212. The second-order valence-corrected chi connectivity index (χ2v) is 12.9. The van der Waals surface area contributed by atoms with Gasteiger partial charge in [0.15, 0.2) is 0 Å². The number of anilines is 1. The number of rotatable bonds is 11. The molecular formula is C33H33Cl2N3O4S. The summed E-state index contributed by atoms with van der Waals surface area (Å²) in [6.45, 7) is 3.24. The van der Waals surface area contributed by atoms with E-state index in [2.05, 4.69) is 5.32 Å². The van der Waals surface area contributed by atoms with Crippen LogP contribution in [0.2, 0.25) is 10.0 Å². The summed E-state index contributed by atoms with van der Waals surface area (Å²) < 4.78 is 29.1. The number of nitrogens with zero attached hydrogens (tertiary/aromatic N) is 2. The van der Waals surface area contributed by atoms with Gasteiger partial charge in [-0.05, 0) is 49.2 Å². The number of hydrogen-bond acceptors (Lipinski definition) is 4. The van der Waals surface area contributed by atoms with Gasteiger partial charge in [-0.25, -0.2) is 8.42 Å². The maximum atomic E-state index is 14.4. The topological polar surface area (TPSA) is 86.8 Å². The number of amides is 2. The molecule has 0 aliphatic carbocycles. The normalized spacial score (nSPS) is 11.9. The summed E-state index contributed by atoms with van der Waals surface area (Å²) in [4.78, 5) is 29.1. The highest BCUT2D eigenvalue weighted by Gasteiger charge is 2.35. The molecule has 4 rings (SSSR count). The fourth-order valence-corrected chi connectivity index (χ4v) is 6.64. The molecular weight excluding hydrogens is 605 g/mol. The smallest absolute Gasteiger partial charge is 0.264 e. The number of sulfonamides is 1. The molecule has 0 heterocycles. The van der Waals surface area contributed by atoms with Gasteiger partial charge in [0.05, 0.1) is 20.6 Å². The number of likely N-dealkylation sites (N-methyl/N-ethyl adjacent to an activating group) is 1. The van der Waals surface area contributed by atoms with Crippen LogP contribution in [0.15, 0.2) is 102 Å². The Hall–Kier alpha value is -3.85. The molecule has 224 valence electrons. The Kier molecular flexibility index (Phi) is 10.5. The van der Waals surface area contributed by atoms with Crippen molar-refractivity contribution in [1.82, 2.24) is 10.2 Å². The summed E-state index contributed by atoms with van der Waals surface area (Å²) in [6.07, 6.45) is 0.223. The molecule has 0 fully saturated rings. The second-order valence-electron chi connectivity index (χ2n) is 10.2.